The molecule has 48 heavy (non-hydrogen) atoms. The molecule has 5 atom stereocenters. The van der Waals surface area contributed by atoms with Crippen molar-refractivity contribution in [2.24, 2.45) is 5.73 Å². The van der Waals surface area contributed by atoms with Crippen LogP contribution in [0.1, 0.15) is 40.7 Å². The Morgan fingerprint density at radius 2 is 1.38 bits per heavy atom. The highest BCUT2D eigenvalue weighted by Gasteiger charge is 2.39. The highest BCUT2D eigenvalue weighted by molar-refractivity contribution is 5.95. The van der Waals surface area contributed by atoms with E-state index in [2.05, 4.69) is 10.6 Å². The van der Waals surface area contributed by atoms with Crippen molar-refractivity contribution < 1.29 is 29.4 Å². The zero-order valence-corrected chi connectivity index (χ0v) is 26.7. The Hall–Kier alpha value is -5.48. The van der Waals surface area contributed by atoms with Crippen molar-refractivity contribution in [1.82, 2.24) is 15.5 Å². The Balaban J connectivity index is 1.41. The number of nitrogens with zero attached hydrogens (tertiary/aromatic N) is 1. The lowest BCUT2D eigenvalue weighted by molar-refractivity contribution is -0.144. The maximum atomic E-state index is 14.2. The first kappa shape index (κ1) is 33.9. The number of fused-ring (bicyclic) bond motifs is 1. The Morgan fingerprint density at radius 1 is 0.792 bits per heavy atom. The fourth-order valence-electron chi connectivity index (χ4n) is 6.10. The van der Waals surface area contributed by atoms with Crippen LogP contribution in [0.25, 0.3) is 0 Å². The molecule has 6 N–H and O–H groups in total. The van der Waals surface area contributed by atoms with Crippen LogP contribution in [0, 0.1) is 0 Å². The number of nitrogens with two attached hydrogens (primary N) is 1. The number of phenols is 1. The minimum Gasteiger partial charge on any atom is -0.508 e. The van der Waals surface area contributed by atoms with Gasteiger partial charge >= 0.3 is 5.97 Å². The molecule has 4 aromatic rings. The number of carbonyl (C=O) groups excluding carboxylic acids is 3. The summed E-state index contributed by atoms with van der Waals surface area (Å²) in [5, 5.41) is 25.2. The second kappa shape index (κ2) is 15.4. The van der Waals surface area contributed by atoms with Crippen molar-refractivity contribution in [2.45, 2.75) is 62.8 Å². The van der Waals surface area contributed by atoms with Gasteiger partial charge in [0, 0.05) is 25.3 Å². The summed E-state index contributed by atoms with van der Waals surface area (Å²) in [7, 11) is 0. The van der Waals surface area contributed by atoms with Crippen LogP contribution >= 0.6 is 0 Å². The number of hydrogen-bond acceptors (Lipinski definition) is 6. The number of aromatic hydroxyl groups is 1. The summed E-state index contributed by atoms with van der Waals surface area (Å²) in [4.78, 5) is 55.8. The minimum absolute atomic E-state index is 0.0584. The molecule has 1 aliphatic heterocycles. The first-order chi connectivity index (χ1) is 23.1. The molecule has 0 saturated heterocycles. The molecule has 0 unspecified atom stereocenters. The van der Waals surface area contributed by atoms with E-state index in [9.17, 15) is 29.4 Å². The number of benzene rings is 4. The van der Waals surface area contributed by atoms with Crippen molar-refractivity contribution in [3.05, 3.63) is 137 Å². The van der Waals surface area contributed by atoms with E-state index in [1.807, 2.05) is 60.7 Å². The molecule has 0 saturated carbocycles. The maximum absolute atomic E-state index is 14.2. The van der Waals surface area contributed by atoms with Crippen LogP contribution in [0.15, 0.2) is 109 Å². The molecular formula is C38H40N4O6. The summed E-state index contributed by atoms with van der Waals surface area (Å²) in [6.45, 7) is 1.94. The number of amides is 3. The zero-order chi connectivity index (χ0) is 34.2. The first-order valence-electron chi connectivity index (χ1n) is 15.9. The van der Waals surface area contributed by atoms with E-state index in [1.54, 1.807) is 43.3 Å². The number of carboxylic acids is 1. The van der Waals surface area contributed by atoms with E-state index >= 15 is 0 Å². The van der Waals surface area contributed by atoms with Crippen molar-refractivity contribution in [2.75, 3.05) is 0 Å². The van der Waals surface area contributed by atoms with Crippen molar-refractivity contribution in [3.8, 4) is 5.75 Å². The monoisotopic (exact) mass is 648 g/mol. The van der Waals surface area contributed by atoms with Crippen molar-refractivity contribution >= 4 is 23.7 Å². The zero-order valence-electron chi connectivity index (χ0n) is 26.7. The number of hydrogen-bond donors (Lipinski definition) is 5. The predicted molar refractivity (Wildman–Crippen MR) is 181 cm³/mol. The second-order valence-electron chi connectivity index (χ2n) is 12.2. The van der Waals surface area contributed by atoms with E-state index in [4.69, 9.17) is 5.73 Å². The van der Waals surface area contributed by atoms with Crippen molar-refractivity contribution in [3.63, 3.8) is 0 Å². The molecule has 0 radical (unpaired) electrons. The SMILES string of the molecule is C[C@H](c1ccccc1)[C@@H](NC(=O)[C@@H]1Cc2ccccc2CN1C(=O)[C@@H](N)Cc1ccc(O)cc1)C(=O)N[C@@H](Cc1ccccc1)C(=O)O. The Labute approximate surface area is 279 Å². The van der Waals surface area contributed by atoms with Gasteiger partial charge in [0.1, 0.15) is 23.9 Å². The Bertz CT molecular complexity index is 1730. The molecule has 10 heteroatoms. The molecule has 3 amide bonds. The molecule has 1 heterocycles. The van der Waals surface area contributed by atoms with Gasteiger partial charge in [-0.15, -0.1) is 0 Å². The maximum Gasteiger partial charge on any atom is 0.326 e. The first-order valence-corrected chi connectivity index (χ1v) is 15.9. The van der Waals surface area contributed by atoms with E-state index in [0.717, 1.165) is 27.8 Å². The van der Waals surface area contributed by atoms with Gasteiger partial charge in [0.15, 0.2) is 0 Å². The fourth-order valence-corrected chi connectivity index (χ4v) is 6.10. The van der Waals surface area contributed by atoms with Gasteiger partial charge in [-0.25, -0.2) is 4.79 Å². The number of carboxylic acid groups (broad SMARTS) is 1. The summed E-state index contributed by atoms with van der Waals surface area (Å²) >= 11 is 0. The van der Waals surface area contributed by atoms with E-state index in [1.165, 1.54) is 17.0 Å². The molecule has 5 rings (SSSR count). The summed E-state index contributed by atoms with van der Waals surface area (Å²) in [6.07, 6.45) is 0.460. The summed E-state index contributed by atoms with van der Waals surface area (Å²) in [5.41, 5.74) is 10.5. The summed E-state index contributed by atoms with van der Waals surface area (Å²) in [5.74, 6) is -3.27. The minimum atomic E-state index is -1.24. The lowest BCUT2D eigenvalue weighted by Gasteiger charge is -2.38. The van der Waals surface area contributed by atoms with Crippen LogP contribution < -0.4 is 16.4 Å². The van der Waals surface area contributed by atoms with Gasteiger partial charge in [0.05, 0.1) is 6.04 Å². The third kappa shape index (κ3) is 8.26. The van der Waals surface area contributed by atoms with Gasteiger partial charge in [-0.3, -0.25) is 14.4 Å². The van der Waals surface area contributed by atoms with E-state index in [0.29, 0.717) is 0 Å². The van der Waals surface area contributed by atoms with Gasteiger partial charge < -0.3 is 31.5 Å². The van der Waals surface area contributed by atoms with Crippen LogP contribution in [0.5, 0.6) is 5.75 Å². The average molecular weight is 649 g/mol. The molecular weight excluding hydrogens is 608 g/mol. The normalized spacial score (nSPS) is 16.5. The van der Waals surface area contributed by atoms with E-state index < -0.39 is 53.8 Å². The van der Waals surface area contributed by atoms with Gasteiger partial charge in [0.25, 0.3) is 0 Å². The topological polar surface area (TPSA) is 162 Å². The quantitative estimate of drug-likeness (QED) is 0.157. The lowest BCUT2D eigenvalue weighted by Crippen LogP contribution is -2.60. The van der Waals surface area contributed by atoms with E-state index in [-0.39, 0.29) is 31.6 Å². The largest absolute Gasteiger partial charge is 0.508 e. The third-order valence-corrected chi connectivity index (χ3v) is 8.85. The average Bonchev–Trinajstić information content (AvgIpc) is 3.10. The lowest BCUT2D eigenvalue weighted by atomic mass is 9.90. The number of aliphatic carboxylic acids is 1. The molecule has 10 nitrogen and oxygen atoms in total. The van der Waals surface area contributed by atoms with Crippen LogP contribution in [0.2, 0.25) is 0 Å². The summed E-state index contributed by atoms with van der Waals surface area (Å²) in [6, 6.07) is 27.8. The third-order valence-electron chi connectivity index (χ3n) is 8.85. The van der Waals surface area contributed by atoms with Crippen LogP contribution in [0.4, 0.5) is 0 Å². The standard InChI is InChI=1S/C38H40N4O6/c1-24(27-12-6-3-7-13-27)34(36(45)40-32(38(47)48)21-25-10-4-2-5-11-25)41-35(44)33-22-28-14-8-9-15-29(28)23-42(33)37(46)31(39)20-26-16-18-30(43)19-17-26/h2-19,24,31-34,43H,20-23,39H2,1H3,(H,40,45)(H,41,44)(H,47,48)/t24-,31+,32+,33+,34-/m1/s1. The van der Waals surface area contributed by atoms with Crippen LogP contribution in [-0.4, -0.2) is 63.0 Å². The smallest absolute Gasteiger partial charge is 0.326 e. The van der Waals surface area contributed by atoms with Crippen LogP contribution in [-0.2, 0) is 45.0 Å². The molecule has 0 aromatic heterocycles. The molecule has 4 aromatic carbocycles. The summed E-state index contributed by atoms with van der Waals surface area (Å²) < 4.78 is 0. The molecule has 0 bridgehead atoms. The van der Waals surface area contributed by atoms with Crippen molar-refractivity contribution in [1.29, 1.82) is 0 Å². The predicted octanol–water partition coefficient (Wildman–Crippen LogP) is 3.32. The molecule has 0 spiro atoms. The molecule has 1 aliphatic rings. The number of rotatable bonds is 12. The van der Waals surface area contributed by atoms with Gasteiger partial charge in [-0.1, -0.05) is 104 Å². The number of nitrogens with one attached hydrogen (secondary N) is 2. The number of phenolic OH excluding ortho intramolecular Hbond substituents is 1. The Kier molecular flexibility index (Phi) is 10.9. The van der Waals surface area contributed by atoms with Gasteiger partial charge in [-0.05, 0) is 46.4 Å². The number of carbonyl (C=O) groups is 4. The molecule has 0 aliphatic carbocycles. The second-order valence-corrected chi connectivity index (χ2v) is 12.2. The molecule has 248 valence electrons. The Morgan fingerprint density at radius 3 is 2.02 bits per heavy atom. The van der Waals surface area contributed by atoms with Gasteiger partial charge in [-0.2, -0.15) is 0 Å². The van der Waals surface area contributed by atoms with Crippen LogP contribution in [0.3, 0.4) is 0 Å². The highest BCUT2D eigenvalue weighted by Crippen LogP contribution is 2.26. The fraction of sp³-hybridized carbons (Fsp3) is 0.263. The molecule has 0 fully saturated rings. The van der Waals surface area contributed by atoms with Gasteiger partial charge in [0.2, 0.25) is 17.7 Å². The highest BCUT2D eigenvalue weighted by atomic mass is 16.4.